The maximum atomic E-state index is 3.56. The normalized spacial score (nSPS) is 8.57. The van der Waals surface area contributed by atoms with Crippen LogP contribution in [-0.2, 0) is 0 Å². The van der Waals surface area contributed by atoms with Gasteiger partial charge in [0.2, 0.25) is 0 Å². The van der Waals surface area contributed by atoms with E-state index in [9.17, 15) is 0 Å². The van der Waals surface area contributed by atoms with Crippen LogP contribution in [0.2, 0.25) is 0 Å². The summed E-state index contributed by atoms with van der Waals surface area (Å²) in [6, 6.07) is 1.74. The van der Waals surface area contributed by atoms with Crippen LogP contribution in [0.3, 0.4) is 0 Å². The van der Waals surface area contributed by atoms with Crippen molar-refractivity contribution in [2.75, 3.05) is 0 Å². The molecule has 3 nitrogen and oxygen atoms in total. The molecule has 0 N–H and O–H groups in total. The first-order chi connectivity index (χ1) is 3.39. The van der Waals surface area contributed by atoms with Crippen molar-refractivity contribution in [3.63, 3.8) is 0 Å². The van der Waals surface area contributed by atoms with Crippen LogP contribution in [-0.4, -0.2) is 31.4 Å². The van der Waals surface area contributed by atoms with E-state index in [0.29, 0.717) is 0 Å². The van der Waals surface area contributed by atoms with Crippen LogP contribution in [0.4, 0.5) is 0 Å². The van der Waals surface area contributed by atoms with Gasteiger partial charge in [0.15, 0.2) is 0 Å². The summed E-state index contributed by atoms with van der Waals surface area (Å²) in [7, 11) is 0. The van der Waals surface area contributed by atoms with Gasteiger partial charge in [0.1, 0.15) is 0 Å². The molecule has 0 spiro atoms. The van der Waals surface area contributed by atoms with Crippen molar-refractivity contribution in [1.82, 2.24) is 15.4 Å². The number of nitrogens with zero attached hydrogens (tertiary/aromatic N) is 3. The Morgan fingerprint density at radius 2 is 2.43 bits per heavy atom. The van der Waals surface area contributed by atoms with Gasteiger partial charge in [-0.1, -0.05) is 0 Å². The minimum absolute atomic E-state index is 0.773. The second-order valence-electron chi connectivity index (χ2n) is 0.959. The monoisotopic (exact) mass is 160 g/mol. The van der Waals surface area contributed by atoms with Crippen molar-refractivity contribution < 1.29 is 0 Å². The molecule has 1 aromatic rings. The molecule has 0 aliphatic rings. The molecule has 4 heteroatoms. The average molecular weight is 159 g/mol. The maximum absolute atomic E-state index is 3.56. The van der Waals surface area contributed by atoms with E-state index in [1.165, 1.54) is 0 Å². The zero-order chi connectivity index (χ0) is 5.11. The molecule has 1 rings (SSSR count). The number of hydrogen-bond acceptors (Lipinski definition) is 3. The molecule has 7 heavy (non-hydrogen) atoms. The topological polar surface area (TPSA) is 38.7 Å². The van der Waals surface area contributed by atoms with E-state index in [-0.39, 0.29) is 0 Å². The number of rotatable bonds is 0. The van der Waals surface area contributed by atoms with Gasteiger partial charge in [-0.25, -0.2) is 0 Å². The Morgan fingerprint density at radius 3 is 2.71 bits per heavy atom. The van der Waals surface area contributed by atoms with Crippen LogP contribution in [0.1, 0.15) is 0 Å². The molecule has 0 unspecified atom stereocenters. The third-order valence-electron chi connectivity index (χ3n) is 0.479. The molecule has 0 aliphatic heterocycles. The third kappa shape index (κ3) is 1.21. The Morgan fingerprint density at radius 1 is 1.57 bits per heavy atom. The molecule has 0 amide bonds. The van der Waals surface area contributed by atoms with Crippen LogP contribution in [0.5, 0.6) is 0 Å². The molecule has 1 heterocycles. The Kier molecular flexibility index (Phi) is 1.34. The summed E-state index contributed by atoms with van der Waals surface area (Å²) in [6.07, 6.45) is 1.58. The molecule has 0 atom stereocenters. The molecule has 0 saturated carbocycles. The van der Waals surface area contributed by atoms with E-state index < -0.39 is 0 Å². The fourth-order valence-electron chi connectivity index (χ4n) is 0.230. The molecule has 1 aromatic heterocycles. The Labute approximate surface area is 49.0 Å². The number of hydrogen-bond donors (Lipinski definition) is 0. The van der Waals surface area contributed by atoms with Crippen LogP contribution >= 0.6 is 0 Å². The van der Waals surface area contributed by atoms with E-state index >= 15 is 0 Å². The van der Waals surface area contributed by atoms with E-state index in [0.717, 1.165) is 4.59 Å². The standard InChI is InChI=1S/C3H2N3Se/c7-3-1-2-4-6-5-3/h1-2H. The van der Waals surface area contributed by atoms with Gasteiger partial charge in [0.25, 0.3) is 0 Å². The van der Waals surface area contributed by atoms with Crippen molar-refractivity contribution in [1.29, 1.82) is 0 Å². The van der Waals surface area contributed by atoms with Crippen molar-refractivity contribution >= 4 is 20.6 Å². The fourth-order valence-corrected chi connectivity index (χ4v) is 0.434. The summed E-state index contributed by atoms with van der Waals surface area (Å²) < 4.78 is 0.773. The predicted octanol–water partition coefficient (Wildman–Crippen LogP) is -1.33. The van der Waals surface area contributed by atoms with Gasteiger partial charge in [0, 0.05) is 0 Å². The van der Waals surface area contributed by atoms with Crippen LogP contribution in [0.25, 0.3) is 0 Å². The van der Waals surface area contributed by atoms with Gasteiger partial charge in [-0.3, -0.25) is 0 Å². The molecule has 1 radical (unpaired) electrons. The van der Waals surface area contributed by atoms with Gasteiger partial charge in [-0.05, 0) is 0 Å². The Bertz CT molecular complexity index is 140. The molecule has 0 aromatic carbocycles. The molecule has 0 bridgehead atoms. The first kappa shape index (κ1) is 4.68. The molecular weight excluding hydrogens is 157 g/mol. The second-order valence-corrected chi connectivity index (χ2v) is 1.84. The summed E-state index contributed by atoms with van der Waals surface area (Å²) in [4.78, 5) is 0. The summed E-state index contributed by atoms with van der Waals surface area (Å²) >= 11 is 2.69. The van der Waals surface area contributed by atoms with Gasteiger partial charge in [-0.2, -0.15) is 0 Å². The molecule has 35 valence electrons. The molecular formula is C3H2N3Se. The van der Waals surface area contributed by atoms with E-state index in [4.69, 9.17) is 0 Å². The Balaban J connectivity index is 3.02. The summed E-state index contributed by atoms with van der Waals surface area (Å²) in [5.74, 6) is 0. The minimum atomic E-state index is 0.773. The van der Waals surface area contributed by atoms with Crippen molar-refractivity contribution in [3.8, 4) is 0 Å². The summed E-state index contributed by atoms with van der Waals surface area (Å²) in [5, 5.41) is 10.4. The average Bonchev–Trinajstić information content (AvgIpc) is 1.69. The first-order valence-electron chi connectivity index (χ1n) is 1.71. The fraction of sp³-hybridized carbons (Fsp3) is 0. The quantitative estimate of drug-likeness (QED) is 0.440. The van der Waals surface area contributed by atoms with Gasteiger partial charge >= 0.3 is 48.3 Å². The van der Waals surface area contributed by atoms with Crippen LogP contribution in [0, 0.1) is 0 Å². The molecule has 0 aliphatic carbocycles. The van der Waals surface area contributed by atoms with Gasteiger partial charge < -0.3 is 0 Å². The zero-order valence-electron chi connectivity index (χ0n) is 3.40. The summed E-state index contributed by atoms with van der Waals surface area (Å²) in [6.45, 7) is 0. The zero-order valence-corrected chi connectivity index (χ0v) is 5.12. The van der Waals surface area contributed by atoms with Crippen LogP contribution in [0.15, 0.2) is 12.3 Å². The number of aromatic nitrogens is 3. The van der Waals surface area contributed by atoms with E-state index in [2.05, 4.69) is 31.4 Å². The van der Waals surface area contributed by atoms with Crippen molar-refractivity contribution in [2.24, 2.45) is 0 Å². The van der Waals surface area contributed by atoms with Crippen molar-refractivity contribution in [3.05, 3.63) is 12.3 Å². The van der Waals surface area contributed by atoms with Crippen LogP contribution < -0.4 is 4.59 Å². The molecule has 0 fully saturated rings. The van der Waals surface area contributed by atoms with E-state index in [1.807, 2.05) is 0 Å². The molecule has 0 saturated heterocycles. The van der Waals surface area contributed by atoms with E-state index in [1.54, 1.807) is 12.3 Å². The van der Waals surface area contributed by atoms with Gasteiger partial charge in [0.05, 0.1) is 0 Å². The third-order valence-corrected chi connectivity index (χ3v) is 0.936. The predicted molar refractivity (Wildman–Crippen MR) is 25.2 cm³/mol. The second kappa shape index (κ2) is 2.00. The van der Waals surface area contributed by atoms with Gasteiger partial charge in [-0.15, -0.1) is 0 Å². The van der Waals surface area contributed by atoms with Crippen molar-refractivity contribution in [2.45, 2.75) is 0 Å². The summed E-state index contributed by atoms with van der Waals surface area (Å²) in [5.41, 5.74) is 0. The first-order valence-corrected chi connectivity index (χ1v) is 2.56. The Hall–Kier alpha value is -0.471. The SMILES string of the molecule is [Se]c1ccnnn1.